The Morgan fingerprint density at radius 1 is 1.38 bits per heavy atom. The van der Waals surface area contributed by atoms with Gasteiger partial charge in [-0.3, -0.25) is 9.59 Å². The van der Waals surface area contributed by atoms with E-state index in [1.807, 2.05) is 6.92 Å². The summed E-state index contributed by atoms with van der Waals surface area (Å²) in [6.07, 6.45) is -2.69. The minimum Gasteiger partial charge on any atom is -0.376 e. The Kier molecular flexibility index (Phi) is 5.22. The van der Waals surface area contributed by atoms with E-state index in [2.05, 4.69) is 5.32 Å². The third-order valence-electron chi connectivity index (χ3n) is 4.87. The number of ether oxygens (including phenoxy) is 1. The number of rotatable bonds is 4. The standard InChI is InChI=1S/C18H21F3N2O3/c1-11(15-6-3-7-26-15)22-17(25)12-8-16(24)23(10-12)14-5-2-4-13(9-14)18(19,20)21/h2,4-5,9,11-12,15H,3,6-8,10H2,1H3,(H,22,25)/t11-,12-,15+/m0/s1. The van der Waals surface area contributed by atoms with Crippen LogP contribution in [0.25, 0.3) is 0 Å². The summed E-state index contributed by atoms with van der Waals surface area (Å²) in [6.45, 7) is 2.61. The summed E-state index contributed by atoms with van der Waals surface area (Å²) >= 11 is 0. The Labute approximate surface area is 149 Å². The number of amides is 2. The third kappa shape index (κ3) is 4.00. The molecule has 2 heterocycles. The first-order valence-corrected chi connectivity index (χ1v) is 8.65. The molecule has 0 bridgehead atoms. The molecule has 1 aromatic carbocycles. The van der Waals surface area contributed by atoms with Crippen LogP contribution in [0.15, 0.2) is 24.3 Å². The summed E-state index contributed by atoms with van der Waals surface area (Å²) in [4.78, 5) is 25.9. The molecule has 0 spiro atoms. The van der Waals surface area contributed by atoms with Crippen LogP contribution in [0.2, 0.25) is 0 Å². The lowest BCUT2D eigenvalue weighted by Crippen LogP contribution is -2.44. The van der Waals surface area contributed by atoms with Gasteiger partial charge >= 0.3 is 6.18 Å². The number of hydrogen-bond acceptors (Lipinski definition) is 3. The second-order valence-electron chi connectivity index (χ2n) is 6.80. The monoisotopic (exact) mass is 370 g/mol. The lowest BCUT2D eigenvalue weighted by atomic mass is 10.1. The molecule has 2 amide bonds. The van der Waals surface area contributed by atoms with Crippen molar-refractivity contribution in [3.05, 3.63) is 29.8 Å². The molecule has 2 aliphatic rings. The van der Waals surface area contributed by atoms with Gasteiger partial charge in [-0.15, -0.1) is 0 Å². The summed E-state index contributed by atoms with van der Waals surface area (Å²) in [6, 6.07) is 4.44. The van der Waals surface area contributed by atoms with Crippen LogP contribution in [0.3, 0.4) is 0 Å². The number of carbonyl (C=O) groups excluding carboxylic acids is 2. The molecule has 8 heteroatoms. The number of nitrogens with one attached hydrogen (secondary N) is 1. The van der Waals surface area contributed by atoms with Gasteiger partial charge in [0.15, 0.2) is 0 Å². The van der Waals surface area contributed by atoms with Gasteiger partial charge in [-0.05, 0) is 38.0 Å². The summed E-state index contributed by atoms with van der Waals surface area (Å²) in [5.41, 5.74) is -0.657. The van der Waals surface area contributed by atoms with E-state index >= 15 is 0 Å². The highest BCUT2D eigenvalue weighted by molar-refractivity contribution is 6.00. The molecule has 0 radical (unpaired) electrons. The fraction of sp³-hybridized carbons (Fsp3) is 0.556. The summed E-state index contributed by atoms with van der Waals surface area (Å²) in [5.74, 6) is -1.20. The van der Waals surface area contributed by atoms with Crippen molar-refractivity contribution in [3.8, 4) is 0 Å². The van der Waals surface area contributed by atoms with Gasteiger partial charge in [0, 0.05) is 25.3 Å². The molecule has 142 valence electrons. The molecule has 5 nitrogen and oxygen atoms in total. The average Bonchev–Trinajstić information content (AvgIpc) is 3.23. The molecular formula is C18H21F3N2O3. The van der Waals surface area contributed by atoms with Gasteiger partial charge in [0.1, 0.15) is 0 Å². The molecule has 1 aromatic rings. The second-order valence-corrected chi connectivity index (χ2v) is 6.80. The Morgan fingerprint density at radius 2 is 2.15 bits per heavy atom. The van der Waals surface area contributed by atoms with Crippen molar-refractivity contribution in [1.82, 2.24) is 5.32 Å². The van der Waals surface area contributed by atoms with Crippen molar-refractivity contribution >= 4 is 17.5 Å². The topological polar surface area (TPSA) is 58.6 Å². The lowest BCUT2D eigenvalue weighted by Gasteiger charge is -2.22. The minimum atomic E-state index is -4.48. The zero-order chi connectivity index (χ0) is 18.9. The van der Waals surface area contributed by atoms with E-state index in [9.17, 15) is 22.8 Å². The highest BCUT2D eigenvalue weighted by Gasteiger charge is 2.37. The third-order valence-corrected chi connectivity index (χ3v) is 4.87. The fourth-order valence-corrected chi connectivity index (χ4v) is 3.41. The van der Waals surface area contributed by atoms with Crippen LogP contribution >= 0.6 is 0 Å². The van der Waals surface area contributed by atoms with E-state index in [1.165, 1.54) is 17.0 Å². The zero-order valence-corrected chi connectivity index (χ0v) is 14.4. The van der Waals surface area contributed by atoms with Crippen molar-refractivity contribution in [2.75, 3.05) is 18.1 Å². The largest absolute Gasteiger partial charge is 0.416 e. The van der Waals surface area contributed by atoms with Crippen molar-refractivity contribution < 1.29 is 27.5 Å². The Hall–Kier alpha value is -2.09. The van der Waals surface area contributed by atoms with E-state index in [0.29, 0.717) is 6.61 Å². The Morgan fingerprint density at radius 3 is 2.81 bits per heavy atom. The minimum absolute atomic E-state index is 0.0136. The van der Waals surface area contributed by atoms with Crippen LogP contribution < -0.4 is 10.2 Å². The summed E-state index contributed by atoms with van der Waals surface area (Å²) in [7, 11) is 0. The first-order valence-electron chi connectivity index (χ1n) is 8.65. The number of nitrogens with zero attached hydrogens (tertiary/aromatic N) is 1. The molecule has 1 N–H and O–H groups in total. The average molecular weight is 370 g/mol. The number of alkyl halides is 3. The molecule has 26 heavy (non-hydrogen) atoms. The van der Waals surface area contributed by atoms with E-state index in [-0.39, 0.29) is 42.6 Å². The van der Waals surface area contributed by atoms with Gasteiger partial charge < -0.3 is 15.0 Å². The van der Waals surface area contributed by atoms with Crippen LogP contribution in [0.4, 0.5) is 18.9 Å². The first-order chi connectivity index (χ1) is 12.3. The van der Waals surface area contributed by atoms with Gasteiger partial charge in [0.05, 0.1) is 23.6 Å². The fourth-order valence-electron chi connectivity index (χ4n) is 3.41. The normalized spacial score (nSPS) is 24.8. The van der Waals surface area contributed by atoms with Crippen LogP contribution in [-0.2, 0) is 20.5 Å². The molecule has 0 aromatic heterocycles. The van der Waals surface area contributed by atoms with Crippen molar-refractivity contribution in [3.63, 3.8) is 0 Å². The van der Waals surface area contributed by atoms with E-state index < -0.39 is 17.7 Å². The zero-order valence-electron chi connectivity index (χ0n) is 14.4. The number of benzene rings is 1. The molecule has 2 aliphatic heterocycles. The van der Waals surface area contributed by atoms with Crippen molar-refractivity contribution in [2.45, 2.75) is 44.5 Å². The molecule has 0 unspecified atom stereocenters. The molecule has 2 fully saturated rings. The maximum Gasteiger partial charge on any atom is 0.416 e. The molecule has 3 atom stereocenters. The van der Waals surface area contributed by atoms with E-state index in [1.54, 1.807) is 0 Å². The quantitative estimate of drug-likeness (QED) is 0.887. The van der Waals surface area contributed by atoms with Crippen LogP contribution in [0, 0.1) is 5.92 Å². The molecule has 0 aliphatic carbocycles. The van der Waals surface area contributed by atoms with Gasteiger partial charge in [-0.1, -0.05) is 6.07 Å². The molecule has 2 saturated heterocycles. The van der Waals surface area contributed by atoms with E-state index in [0.717, 1.165) is 25.0 Å². The number of anilines is 1. The number of carbonyl (C=O) groups is 2. The summed E-state index contributed by atoms with van der Waals surface area (Å²) in [5, 5.41) is 2.87. The van der Waals surface area contributed by atoms with Crippen LogP contribution in [0.5, 0.6) is 0 Å². The maximum absolute atomic E-state index is 12.9. The Bertz CT molecular complexity index is 687. The van der Waals surface area contributed by atoms with E-state index in [4.69, 9.17) is 4.74 Å². The Balaban J connectivity index is 1.66. The summed E-state index contributed by atoms with van der Waals surface area (Å²) < 4.78 is 44.1. The highest BCUT2D eigenvalue weighted by atomic mass is 19.4. The second kappa shape index (κ2) is 7.26. The van der Waals surface area contributed by atoms with Crippen molar-refractivity contribution in [2.24, 2.45) is 5.92 Å². The lowest BCUT2D eigenvalue weighted by molar-refractivity contribution is -0.137. The van der Waals surface area contributed by atoms with Crippen LogP contribution in [-0.4, -0.2) is 37.1 Å². The maximum atomic E-state index is 12.9. The first kappa shape index (κ1) is 18.7. The number of hydrogen-bond donors (Lipinski definition) is 1. The van der Waals surface area contributed by atoms with Gasteiger partial charge in [0.2, 0.25) is 11.8 Å². The number of halogens is 3. The molecule has 3 rings (SSSR count). The smallest absolute Gasteiger partial charge is 0.376 e. The molecular weight excluding hydrogens is 349 g/mol. The van der Waals surface area contributed by atoms with Gasteiger partial charge in [-0.2, -0.15) is 13.2 Å². The van der Waals surface area contributed by atoms with Crippen molar-refractivity contribution in [1.29, 1.82) is 0 Å². The predicted molar refractivity (Wildman–Crippen MR) is 88.5 cm³/mol. The van der Waals surface area contributed by atoms with Gasteiger partial charge in [-0.25, -0.2) is 0 Å². The van der Waals surface area contributed by atoms with Crippen LogP contribution in [0.1, 0.15) is 31.7 Å². The highest BCUT2D eigenvalue weighted by Crippen LogP contribution is 2.33. The molecule has 0 saturated carbocycles. The SMILES string of the molecule is C[C@H](NC(=O)[C@H]1CC(=O)N(c2cccc(C(F)(F)F)c2)C1)[C@H]1CCCO1. The van der Waals surface area contributed by atoms with Gasteiger partial charge in [0.25, 0.3) is 0 Å². The predicted octanol–water partition coefficient (Wildman–Crippen LogP) is 2.74.